The Morgan fingerprint density at radius 2 is 1.64 bits per heavy atom. The van der Waals surface area contributed by atoms with Crippen molar-refractivity contribution < 1.29 is 19.0 Å². The van der Waals surface area contributed by atoms with Gasteiger partial charge < -0.3 is 18.8 Å². The van der Waals surface area contributed by atoms with Gasteiger partial charge in [-0.25, -0.2) is 9.78 Å². The molecule has 0 saturated heterocycles. The highest BCUT2D eigenvalue weighted by Crippen LogP contribution is 2.31. The quantitative estimate of drug-likeness (QED) is 0.261. The Bertz CT molecular complexity index is 1250. The van der Waals surface area contributed by atoms with Gasteiger partial charge in [-0.15, -0.1) is 0 Å². The number of aromatic nitrogens is 2. The summed E-state index contributed by atoms with van der Waals surface area (Å²) in [6, 6.07) is 23.7. The highest BCUT2D eigenvalue weighted by Gasteiger charge is 2.19. The van der Waals surface area contributed by atoms with Gasteiger partial charge in [0.15, 0.2) is 0 Å². The Labute approximate surface area is 193 Å². The number of ether oxygens (including phenoxy) is 3. The lowest BCUT2D eigenvalue weighted by Gasteiger charge is -2.19. The van der Waals surface area contributed by atoms with Crippen molar-refractivity contribution in [1.82, 2.24) is 9.55 Å². The largest absolute Gasteiger partial charge is 0.514 e. The fourth-order valence-corrected chi connectivity index (χ4v) is 3.67. The Morgan fingerprint density at radius 1 is 0.939 bits per heavy atom. The third kappa shape index (κ3) is 5.41. The maximum Gasteiger partial charge on any atom is 0.514 e. The first-order chi connectivity index (χ1) is 15.8. The molecule has 0 radical (unpaired) electrons. The number of rotatable bonds is 6. The van der Waals surface area contributed by atoms with Gasteiger partial charge in [-0.05, 0) is 50.1 Å². The molecule has 1 aromatic heterocycles. The van der Waals surface area contributed by atoms with Crippen LogP contribution in [0.4, 0.5) is 4.79 Å². The summed E-state index contributed by atoms with van der Waals surface area (Å²) in [5.74, 6) is 1.35. The summed E-state index contributed by atoms with van der Waals surface area (Å²) in [5, 5.41) is 0. The van der Waals surface area contributed by atoms with Crippen LogP contribution in [0.15, 0.2) is 72.8 Å². The fourth-order valence-electron chi connectivity index (χ4n) is 3.67. The molecule has 0 aliphatic rings. The molecule has 4 aromatic rings. The number of para-hydroxylation sites is 3. The van der Waals surface area contributed by atoms with Gasteiger partial charge in [0.1, 0.15) is 23.8 Å². The van der Waals surface area contributed by atoms with Crippen LogP contribution in [-0.2, 0) is 22.6 Å². The van der Waals surface area contributed by atoms with Gasteiger partial charge in [0.05, 0.1) is 11.0 Å². The standard InChI is InChI=1S/C27H28N2O4/c1-27(2,3)33-26(30)32-24-12-8-5-9-21(24)20-15-13-19(14-16-20)17-29-23-11-7-6-10-22(23)28-25(29)18-31-4/h5-16H,17-18H2,1-4H3. The molecule has 170 valence electrons. The van der Waals surface area contributed by atoms with Crippen molar-refractivity contribution in [3.63, 3.8) is 0 Å². The van der Waals surface area contributed by atoms with Crippen molar-refractivity contribution in [3.05, 3.63) is 84.2 Å². The zero-order valence-electron chi connectivity index (χ0n) is 19.4. The second kappa shape index (κ2) is 9.46. The maximum atomic E-state index is 12.2. The van der Waals surface area contributed by atoms with Crippen molar-refractivity contribution in [2.45, 2.75) is 39.5 Å². The van der Waals surface area contributed by atoms with E-state index in [9.17, 15) is 4.79 Å². The molecule has 0 amide bonds. The third-order valence-corrected chi connectivity index (χ3v) is 5.08. The Balaban J connectivity index is 1.58. The molecule has 4 rings (SSSR count). The van der Waals surface area contributed by atoms with Crippen molar-refractivity contribution >= 4 is 17.2 Å². The fraction of sp³-hybridized carbons (Fsp3) is 0.259. The summed E-state index contributed by atoms with van der Waals surface area (Å²) in [5.41, 5.74) is 4.31. The average molecular weight is 445 g/mol. The molecule has 3 aromatic carbocycles. The molecule has 33 heavy (non-hydrogen) atoms. The second-order valence-corrected chi connectivity index (χ2v) is 8.80. The van der Waals surface area contributed by atoms with E-state index in [2.05, 4.69) is 22.8 Å². The van der Waals surface area contributed by atoms with Gasteiger partial charge in [-0.3, -0.25) is 0 Å². The number of methoxy groups -OCH3 is 1. The van der Waals surface area contributed by atoms with Crippen LogP contribution in [0.3, 0.4) is 0 Å². The van der Waals surface area contributed by atoms with Gasteiger partial charge >= 0.3 is 6.16 Å². The van der Waals surface area contributed by atoms with Gasteiger partial charge in [0.25, 0.3) is 0 Å². The number of imidazole rings is 1. The van der Waals surface area contributed by atoms with E-state index in [0.29, 0.717) is 18.9 Å². The van der Waals surface area contributed by atoms with E-state index in [1.807, 2.05) is 48.5 Å². The predicted molar refractivity (Wildman–Crippen MR) is 128 cm³/mol. The van der Waals surface area contributed by atoms with Gasteiger partial charge in [-0.1, -0.05) is 54.6 Å². The Kier molecular flexibility index (Phi) is 6.47. The Morgan fingerprint density at radius 3 is 2.36 bits per heavy atom. The molecule has 0 saturated carbocycles. The molecule has 0 spiro atoms. The SMILES string of the molecule is COCc1nc2ccccc2n1Cc1ccc(-c2ccccc2OC(=O)OC(C)(C)C)cc1. The lowest BCUT2D eigenvalue weighted by molar-refractivity contribution is 0.0207. The van der Waals surface area contributed by atoms with Crippen molar-refractivity contribution in [2.75, 3.05) is 7.11 Å². The number of fused-ring (bicyclic) bond motifs is 1. The van der Waals surface area contributed by atoms with E-state index in [1.54, 1.807) is 33.9 Å². The third-order valence-electron chi connectivity index (χ3n) is 5.08. The first-order valence-corrected chi connectivity index (χ1v) is 10.9. The molecule has 0 unspecified atom stereocenters. The molecule has 6 heteroatoms. The van der Waals surface area contributed by atoms with Crippen LogP contribution in [0.5, 0.6) is 5.75 Å². The van der Waals surface area contributed by atoms with Gasteiger partial charge in [0.2, 0.25) is 0 Å². The normalized spacial score (nSPS) is 11.5. The van der Waals surface area contributed by atoms with Crippen LogP contribution in [0.2, 0.25) is 0 Å². The second-order valence-electron chi connectivity index (χ2n) is 8.80. The van der Waals surface area contributed by atoms with Crippen LogP contribution >= 0.6 is 0 Å². The van der Waals surface area contributed by atoms with Crippen molar-refractivity contribution in [1.29, 1.82) is 0 Å². The zero-order valence-corrected chi connectivity index (χ0v) is 19.4. The summed E-state index contributed by atoms with van der Waals surface area (Å²) in [6.07, 6.45) is -0.718. The predicted octanol–water partition coefficient (Wildman–Crippen LogP) is 6.21. The molecule has 6 nitrogen and oxygen atoms in total. The zero-order chi connectivity index (χ0) is 23.4. The molecular formula is C27H28N2O4. The summed E-state index contributed by atoms with van der Waals surface area (Å²) in [4.78, 5) is 16.9. The molecule has 0 N–H and O–H groups in total. The lowest BCUT2D eigenvalue weighted by atomic mass is 10.0. The Hall–Kier alpha value is -3.64. The van der Waals surface area contributed by atoms with Crippen LogP contribution in [0.25, 0.3) is 22.2 Å². The minimum atomic E-state index is -0.718. The van der Waals surface area contributed by atoms with E-state index in [1.165, 1.54) is 0 Å². The van der Waals surface area contributed by atoms with Gasteiger partial charge in [-0.2, -0.15) is 0 Å². The molecule has 1 heterocycles. The summed E-state index contributed by atoms with van der Waals surface area (Å²) in [6.45, 7) is 6.54. The average Bonchev–Trinajstić information content (AvgIpc) is 3.11. The summed E-state index contributed by atoms with van der Waals surface area (Å²) in [7, 11) is 1.68. The molecule has 0 aliphatic carbocycles. The van der Waals surface area contributed by atoms with Crippen LogP contribution in [0.1, 0.15) is 32.2 Å². The molecule has 0 aliphatic heterocycles. The highest BCUT2D eigenvalue weighted by atomic mass is 16.7. The number of carbonyl (C=O) groups is 1. The molecular weight excluding hydrogens is 416 g/mol. The number of nitrogens with zero attached hydrogens (tertiary/aromatic N) is 2. The minimum absolute atomic E-state index is 0.447. The first kappa shape index (κ1) is 22.6. The van der Waals surface area contributed by atoms with Crippen LogP contribution < -0.4 is 4.74 Å². The van der Waals surface area contributed by atoms with Crippen molar-refractivity contribution in [3.8, 4) is 16.9 Å². The molecule has 0 bridgehead atoms. The number of carbonyl (C=O) groups excluding carboxylic acids is 1. The van der Waals surface area contributed by atoms with E-state index >= 15 is 0 Å². The lowest BCUT2D eigenvalue weighted by Crippen LogP contribution is -2.26. The minimum Gasteiger partial charge on any atom is -0.428 e. The van der Waals surface area contributed by atoms with Crippen LogP contribution in [0, 0.1) is 0 Å². The molecule has 0 fully saturated rings. The van der Waals surface area contributed by atoms with E-state index < -0.39 is 11.8 Å². The molecule has 0 atom stereocenters. The summed E-state index contributed by atoms with van der Waals surface area (Å²) >= 11 is 0. The number of benzene rings is 3. The summed E-state index contributed by atoms with van der Waals surface area (Å²) < 4.78 is 18.3. The van der Waals surface area contributed by atoms with Crippen molar-refractivity contribution in [2.24, 2.45) is 0 Å². The smallest absolute Gasteiger partial charge is 0.428 e. The van der Waals surface area contributed by atoms with E-state index in [4.69, 9.17) is 19.2 Å². The van der Waals surface area contributed by atoms with Crippen LogP contribution in [-0.4, -0.2) is 28.4 Å². The van der Waals surface area contributed by atoms with E-state index in [0.717, 1.165) is 33.5 Å². The topological polar surface area (TPSA) is 62.6 Å². The van der Waals surface area contributed by atoms with Gasteiger partial charge in [0, 0.05) is 19.2 Å². The number of hydrogen-bond donors (Lipinski definition) is 0. The highest BCUT2D eigenvalue weighted by molar-refractivity contribution is 5.76. The first-order valence-electron chi connectivity index (χ1n) is 10.9. The number of hydrogen-bond acceptors (Lipinski definition) is 5. The maximum absolute atomic E-state index is 12.2. The monoisotopic (exact) mass is 444 g/mol. The van der Waals surface area contributed by atoms with E-state index in [-0.39, 0.29) is 0 Å².